The summed E-state index contributed by atoms with van der Waals surface area (Å²) < 4.78 is 0. The van der Waals surface area contributed by atoms with Crippen LogP contribution < -0.4 is 0 Å². The minimum absolute atomic E-state index is 0. The Morgan fingerprint density at radius 1 is 0.818 bits per heavy atom. The summed E-state index contributed by atoms with van der Waals surface area (Å²) in [7, 11) is 0. The summed E-state index contributed by atoms with van der Waals surface area (Å²) in [5, 5.41) is 0. The van der Waals surface area contributed by atoms with Crippen molar-refractivity contribution in [3.05, 3.63) is 0 Å². The van der Waals surface area contributed by atoms with E-state index in [0.717, 1.165) is 0 Å². The molecule has 68 valence electrons. The van der Waals surface area contributed by atoms with Crippen molar-refractivity contribution >= 4 is 5.78 Å². The molecule has 0 fully saturated rings. The lowest BCUT2D eigenvalue weighted by Crippen LogP contribution is -2.32. The number of carbonyl (C=O) groups excluding carboxylic acids is 1. The third kappa shape index (κ3) is 4.18. The monoisotopic (exact) mass is 158 g/mol. The summed E-state index contributed by atoms with van der Waals surface area (Å²) in [6.07, 6.45) is 0. The lowest BCUT2D eigenvalue weighted by Gasteiger charge is -2.26. The summed E-state index contributed by atoms with van der Waals surface area (Å²) in [4.78, 5) is 11.5. The quantitative estimate of drug-likeness (QED) is 0.528. The zero-order chi connectivity index (χ0) is 8.58. The molecule has 0 bridgehead atoms. The van der Waals surface area contributed by atoms with Crippen molar-refractivity contribution in [3.8, 4) is 0 Å². The molecule has 0 saturated carbocycles. The molecule has 0 radical (unpaired) electrons. The third-order valence-corrected chi connectivity index (χ3v) is 1.36. The van der Waals surface area contributed by atoms with E-state index in [1.807, 2.05) is 41.5 Å². The van der Waals surface area contributed by atoms with Gasteiger partial charge < -0.3 is 0 Å². The second-order valence-corrected chi connectivity index (χ2v) is 4.83. The first-order valence-corrected chi connectivity index (χ1v) is 3.70. The first-order valence-electron chi connectivity index (χ1n) is 3.70. The molecule has 0 aromatic rings. The van der Waals surface area contributed by atoms with Crippen LogP contribution in [0.5, 0.6) is 0 Å². The molecule has 0 amide bonds. The van der Waals surface area contributed by atoms with Gasteiger partial charge in [-0.15, -0.1) is 0 Å². The number of carbonyl (C=O) groups is 1. The average molecular weight is 158 g/mol. The van der Waals surface area contributed by atoms with Crippen LogP contribution in [0.1, 0.15) is 49.0 Å². The van der Waals surface area contributed by atoms with Crippen LogP contribution in [0.25, 0.3) is 0 Å². The lowest BCUT2D eigenvalue weighted by atomic mass is 9.76. The number of hydrogen-bond acceptors (Lipinski definition) is 1. The Morgan fingerprint density at radius 2 is 1.00 bits per heavy atom. The third-order valence-electron chi connectivity index (χ3n) is 1.36. The summed E-state index contributed by atoms with van der Waals surface area (Å²) in [5.41, 5.74) is -0.392. The summed E-state index contributed by atoms with van der Waals surface area (Å²) >= 11 is 0. The summed E-state index contributed by atoms with van der Waals surface area (Å²) in [5.74, 6) is 0.319. The van der Waals surface area contributed by atoms with Crippen LogP contribution in [-0.4, -0.2) is 5.78 Å². The maximum absolute atomic E-state index is 11.5. The van der Waals surface area contributed by atoms with Crippen molar-refractivity contribution in [1.82, 2.24) is 0 Å². The SMILES string of the molecule is C.CC(C)(C)C(=O)C(C)(C)C. The van der Waals surface area contributed by atoms with E-state index < -0.39 is 0 Å². The molecule has 0 unspecified atom stereocenters. The van der Waals surface area contributed by atoms with Crippen LogP contribution in [-0.2, 0) is 4.79 Å². The molecular formula is C10H22O. The van der Waals surface area contributed by atoms with Crippen LogP contribution in [0.3, 0.4) is 0 Å². The van der Waals surface area contributed by atoms with Crippen molar-refractivity contribution < 1.29 is 4.79 Å². The molecule has 0 spiro atoms. The van der Waals surface area contributed by atoms with Gasteiger partial charge in [-0.25, -0.2) is 0 Å². The Morgan fingerprint density at radius 3 is 1.00 bits per heavy atom. The van der Waals surface area contributed by atoms with E-state index >= 15 is 0 Å². The molecule has 0 rings (SSSR count). The van der Waals surface area contributed by atoms with Crippen molar-refractivity contribution in [1.29, 1.82) is 0 Å². The van der Waals surface area contributed by atoms with Gasteiger partial charge in [0.05, 0.1) is 0 Å². The Hall–Kier alpha value is -0.330. The van der Waals surface area contributed by atoms with Crippen LogP contribution >= 0.6 is 0 Å². The average Bonchev–Trinajstić information content (AvgIpc) is 1.59. The number of hydrogen-bond donors (Lipinski definition) is 0. The Labute approximate surface area is 71.2 Å². The normalized spacial score (nSPS) is 12.2. The van der Waals surface area contributed by atoms with Crippen molar-refractivity contribution in [2.24, 2.45) is 10.8 Å². The Kier molecular flexibility index (Phi) is 4.08. The zero-order valence-electron chi connectivity index (χ0n) is 7.91. The summed E-state index contributed by atoms with van der Waals surface area (Å²) in [6.45, 7) is 11.8. The van der Waals surface area contributed by atoms with E-state index in [1.54, 1.807) is 0 Å². The molecule has 0 aliphatic carbocycles. The fourth-order valence-electron chi connectivity index (χ4n) is 1.12. The first kappa shape index (κ1) is 13.3. The van der Waals surface area contributed by atoms with Gasteiger partial charge in [-0.2, -0.15) is 0 Å². The largest absolute Gasteiger partial charge is 0.299 e. The molecule has 0 N–H and O–H groups in total. The standard InChI is InChI=1S/C9H18O.CH4/c1-8(2,3)7(10)9(4,5)6;/h1-6H3;1H4. The molecule has 1 heteroatoms. The molecule has 11 heavy (non-hydrogen) atoms. The lowest BCUT2D eigenvalue weighted by molar-refractivity contribution is -0.134. The highest BCUT2D eigenvalue weighted by Crippen LogP contribution is 2.27. The van der Waals surface area contributed by atoms with Crippen LogP contribution in [0, 0.1) is 10.8 Å². The van der Waals surface area contributed by atoms with E-state index in [-0.39, 0.29) is 18.3 Å². The molecule has 1 nitrogen and oxygen atoms in total. The fourth-order valence-corrected chi connectivity index (χ4v) is 1.12. The molecule has 0 atom stereocenters. The predicted octanol–water partition coefficient (Wildman–Crippen LogP) is 3.28. The van der Waals surface area contributed by atoms with Crippen LogP contribution in [0.15, 0.2) is 0 Å². The Bertz CT molecular complexity index is 116. The summed E-state index contributed by atoms with van der Waals surface area (Å²) in [6, 6.07) is 0. The number of Topliss-reactive ketones (excluding diaryl/α,β-unsaturated/α-hetero) is 1. The minimum Gasteiger partial charge on any atom is -0.299 e. The molecule has 0 aromatic carbocycles. The highest BCUT2D eigenvalue weighted by Gasteiger charge is 2.31. The predicted molar refractivity (Wildman–Crippen MR) is 50.6 cm³/mol. The number of ketones is 1. The van der Waals surface area contributed by atoms with Gasteiger partial charge in [0, 0.05) is 10.8 Å². The molecule has 0 aliphatic rings. The zero-order valence-corrected chi connectivity index (χ0v) is 7.91. The number of rotatable bonds is 0. The van der Waals surface area contributed by atoms with Gasteiger partial charge in [0.2, 0.25) is 0 Å². The van der Waals surface area contributed by atoms with Crippen LogP contribution in [0.4, 0.5) is 0 Å². The van der Waals surface area contributed by atoms with E-state index in [4.69, 9.17) is 0 Å². The van der Waals surface area contributed by atoms with Crippen molar-refractivity contribution in [2.75, 3.05) is 0 Å². The molecule has 0 aromatic heterocycles. The maximum Gasteiger partial charge on any atom is 0.143 e. The molecule has 0 aliphatic heterocycles. The Balaban J connectivity index is 0. The van der Waals surface area contributed by atoms with Gasteiger partial charge in [-0.1, -0.05) is 49.0 Å². The minimum atomic E-state index is -0.196. The topological polar surface area (TPSA) is 17.1 Å². The maximum atomic E-state index is 11.5. The van der Waals surface area contributed by atoms with Gasteiger partial charge >= 0.3 is 0 Å². The molecular weight excluding hydrogens is 136 g/mol. The van der Waals surface area contributed by atoms with Crippen molar-refractivity contribution in [3.63, 3.8) is 0 Å². The van der Waals surface area contributed by atoms with E-state index in [9.17, 15) is 4.79 Å². The second-order valence-electron chi connectivity index (χ2n) is 4.83. The highest BCUT2D eigenvalue weighted by molar-refractivity contribution is 5.88. The van der Waals surface area contributed by atoms with E-state index in [2.05, 4.69) is 0 Å². The van der Waals surface area contributed by atoms with E-state index in [1.165, 1.54) is 0 Å². The molecule has 0 heterocycles. The van der Waals surface area contributed by atoms with Gasteiger partial charge in [-0.3, -0.25) is 4.79 Å². The smallest absolute Gasteiger partial charge is 0.143 e. The van der Waals surface area contributed by atoms with Crippen molar-refractivity contribution in [2.45, 2.75) is 49.0 Å². The van der Waals surface area contributed by atoms with Gasteiger partial charge in [0.1, 0.15) is 5.78 Å². The van der Waals surface area contributed by atoms with Gasteiger partial charge in [0.15, 0.2) is 0 Å². The van der Waals surface area contributed by atoms with Crippen LogP contribution in [0.2, 0.25) is 0 Å². The first-order chi connectivity index (χ1) is 4.15. The highest BCUT2D eigenvalue weighted by atomic mass is 16.1. The fraction of sp³-hybridized carbons (Fsp3) is 0.900. The van der Waals surface area contributed by atoms with E-state index in [0.29, 0.717) is 5.78 Å². The van der Waals surface area contributed by atoms with Gasteiger partial charge in [0.25, 0.3) is 0 Å². The molecule has 0 saturated heterocycles. The van der Waals surface area contributed by atoms with Gasteiger partial charge in [-0.05, 0) is 0 Å². The second kappa shape index (κ2) is 3.38.